The molecule has 2 saturated heterocycles. The number of carbonyl (C=O) groups excluding carboxylic acids is 2. The van der Waals surface area contributed by atoms with Gasteiger partial charge in [0.15, 0.2) is 0 Å². The molecule has 5 rings (SSSR count). The number of amides is 3. The molecule has 3 amide bonds. The van der Waals surface area contributed by atoms with Crippen molar-refractivity contribution in [2.45, 2.75) is 19.3 Å². The third kappa shape index (κ3) is 3.05. The Morgan fingerprint density at radius 3 is 2.67 bits per heavy atom. The molecular weight excluding hydrogens is 342 g/mol. The fourth-order valence-electron chi connectivity index (χ4n) is 4.85. The molecule has 3 fully saturated rings. The summed E-state index contributed by atoms with van der Waals surface area (Å²) >= 11 is 0. The summed E-state index contributed by atoms with van der Waals surface area (Å²) in [6.07, 6.45) is 8.66. The summed E-state index contributed by atoms with van der Waals surface area (Å²) in [7, 11) is 0. The zero-order valence-electron chi connectivity index (χ0n) is 15.4. The Labute approximate surface area is 158 Å². The monoisotopic (exact) mass is 367 g/mol. The smallest absolute Gasteiger partial charge is 0.320 e. The number of pyridine rings is 1. The Kier molecular flexibility index (Phi) is 4.02. The number of carbonyl (C=O) groups is 2. The van der Waals surface area contributed by atoms with Crippen LogP contribution in [0.15, 0.2) is 30.7 Å². The summed E-state index contributed by atoms with van der Waals surface area (Å²) in [5, 5.41) is 3.03. The molecule has 0 bridgehead atoms. The van der Waals surface area contributed by atoms with Gasteiger partial charge in [0.05, 0.1) is 5.56 Å². The normalized spacial score (nSPS) is 26.4. The minimum absolute atomic E-state index is 0.0396. The highest BCUT2D eigenvalue weighted by Crippen LogP contribution is 2.53. The largest absolute Gasteiger partial charge is 0.352 e. The van der Waals surface area contributed by atoms with Crippen molar-refractivity contribution in [1.82, 2.24) is 24.5 Å². The van der Waals surface area contributed by atoms with Gasteiger partial charge in [-0.25, -0.2) is 9.78 Å². The summed E-state index contributed by atoms with van der Waals surface area (Å²) in [5.41, 5.74) is 1.49. The Bertz CT molecular complexity index is 860. The van der Waals surface area contributed by atoms with Crippen LogP contribution in [-0.4, -0.2) is 63.8 Å². The van der Waals surface area contributed by atoms with Gasteiger partial charge in [0.1, 0.15) is 5.65 Å². The number of imidazole rings is 1. The van der Waals surface area contributed by atoms with Crippen LogP contribution in [0.2, 0.25) is 0 Å². The minimum atomic E-state index is -0.0396. The Balaban J connectivity index is 1.07. The van der Waals surface area contributed by atoms with Crippen molar-refractivity contribution < 1.29 is 9.59 Å². The van der Waals surface area contributed by atoms with E-state index in [1.165, 1.54) is 0 Å². The molecule has 1 saturated carbocycles. The van der Waals surface area contributed by atoms with E-state index < -0.39 is 0 Å². The van der Waals surface area contributed by atoms with E-state index in [1.54, 1.807) is 6.20 Å². The van der Waals surface area contributed by atoms with Gasteiger partial charge in [0.2, 0.25) is 0 Å². The second-order valence-electron chi connectivity index (χ2n) is 8.03. The van der Waals surface area contributed by atoms with Crippen LogP contribution in [0.25, 0.3) is 5.65 Å². The number of rotatable bonds is 4. The lowest BCUT2D eigenvalue weighted by Gasteiger charge is -2.26. The topological polar surface area (TPSA) is 70.0 Å². The van der Waals surface area contributed by atoms with E-state index in [4.69, 9.17) is 0 Å². The summed E-state index contributed by atoms with van der Waals surface area (Å²) in [4.78, 5) is 33.0. The second-order valence-corrected chi connectivity index (χ2v) is 8.03. The lowest BCUT2D eigenvalue weighted by Crippen LogP contribution is -2.42. The fourth-order valence-corrected chi connectivity index (χ4v) is 4.85. The first-order valence-electron chi connectivity index (χ1n) is 9.95. The quantitative estimate of drug-likeness (QED) is 0.897. The lowest BCUT2D eigenvalue weighted by molar-refractivity contribution is 0.0951. The maximum atomic E-state index is 12.4. The molecule has 142 valence electrons. The molecule has 0 spiro atoms. The molecule has 0 aromatic carbocycles. The highest BCUT2D eigenvalue weighted by Gasteiger charge is 2.56. The molecule has 0 radical (unpaired) electrons. The first-order chi connectivity index (χ1) is 13.2. The first-order valence-corrected chi connectivity index (χ1v) is 9.95. The molecule has 1 aliphatic carbocycles. The van der Waals surface area contributed by atoms with Gasteiger partial charge >= 0.3 is 6.03 Å². The molecule has 7 nitrogen and oxygen atoms in total. The molecule has 1 N–H and O–H groups in total. The minimum Gasteiger partial charge on any atom is -0.352 e. The third-order valence-electron chi connectivity index (χ3n) is 6.43. The van der Waals surface area contributed by atoms with Gasteiger partial charge in [0.25, 0.3) is 5.91 Å². The molecule has 27 heavy (non-hydrogen) atoms. The average molecular weight is 367 g/mol. The van der Waals surface area contributed by atoms with E-state index in [-0.39, 0.29) is 11.9 Å². The van der Waals surface area contributed by atoms with Gasteiger partial charge < -0.3 is 19.5 Å². The molecule has 4 heterocycles. The molecule has 3 aliphatic rings. The third-order valence-corrected chi connectivity index (χ3v) is 6.43. The number of nitrogens with one attached hydrogen (secondary N) is 1. The Morgan fingerprint density at radius 1 is 1.11 bits per heavy atom. The van der Waals surface area contributed by atoms with Crippen LogP contribution in [0.3, 0.4) is 0 Å². The van der Waals surface area contributed by atoms with Crippen LogP contribution in [0, 0.1) is 17.8 Å². The van der Waals surface area contributed by atoms with Crippen molar-refractivity contribution in [2.75, 3.05) is 32.7 Å². The molecule has 1 unspecified atom stereocenters. The van der Waals surface area contributed by atoms with Crippen molar-refractivity contribution >= 4 is 17.6 Å². The molecule has 3 atom stereocenters. The van der Waals surface area contributed by atoms with E-state index in [2.05, 4.69) is 10.3 Å². The van der Waals surface area contributed by atoms with Crippen molar-refractivity contribution in [1.29, 1.82) is 0 Å². The summed E-state index contributed by atoms with van der Waals surface area (Å²) < 4.78 is 1.85. The SMILES string of the molecule is O=C(NCCC1[C@H]2CN(C(=O)N3CCCC3)C[C@@H]12)c1ccc2nccn2c1. The highest BCUT2D eigenvalue weighted by atomic mass is 16.2. The van der Waals surface area contributed by atoms with Crippen LogP contribution >= 0.6 is 0 Å². The summed E-state index contributed by atoms with van der Waals surface area (Å²) in [6, 6.07) is 3.90. The number of likely N-dealkylation sites (tertiary alicyclic amines) is 2. The number of hydrogen-bond acceptors (Lipinski definition) is 3. The predicted octanol–water partition coefficient (Wildman–Crippen LogP) is 1.85. The summed E-state index contributed by atoms with van der Waals surface area (Å²) in [5.74, 6) is 1.89. The van der Waals surface area contributed by atoms with Crippen molar-refractivity contribution in [2.24, 2.45) is 17.8 Å². The maximum absolute atomic E-state index is 12.4. The molecule has 2 aromatic heterocycles. The van der Waals surface area contributed by atoms with Crippen molar-refractivity contribution in [3.63, 3.8) is 0 Å². The molecule has 2 aromatic rings. The Hall–Kier alpha value is -2.57. The number of aromatic nitrogens is 2. The van der Waals surface area contributed by atoms with Gasteiger partial charge in [-0.2, -0.15) is 0 Å². The number of fused-ring (bicyclic) bond motifs is 2. The van der Waals surface area contributed by atoms with E-state index in [1.807, 2.05) is 38.7 Å². The van der Waals surface area contributed by atoms with Crippen LogP contribution in [-0.2, 0) is 0 Å². The number of nitrogens with zero attached hydrogens (tertiary/aromatic N) is 4. The van der Waals surface area contributed by atoms with Gasteiger partial charge in [0, 0.05) is 51.3 Å². The van der Waals surface area contributed by atoms with Crippen LogP contribution in [0.4, 0.5) is 4.79 Å². The zero-order valence-corrected chi connectivity index (χ0v) is 15.4. The van der Waals surface area contributed by atoms with Gasteiger partial charge in [-0.15, -0.1) is 0 Å². The number of hydrogen-bond donors (Lipinski definition) is 1. The van der Waals surface area contributed by atoms with Gasteiger partial charge in [-0.3, -0.25) is 4.79 Å². The van der Waals surface area contributed by atoms with E-state index in [0.717, 1.165) is 51.1 Å². The molecular formula is C20H25N5O2. The zero-order chi connectivity index (χ0) is 18.4. The molecule has 2 aliphatic heterocycles. The lowest BCUT2D eigenvalue weighted by atomic mass is 10.2. The van der Waals surface area contributed by atoms with Gasteiger partial charge in [-0.05, 0) is 49.1 Å². The second kappa shape index (κ2) is 6.55. The first kappa shape index (κ1) is 16.6. The van der Waals surface area contributed by atoms with E-state index >= 15 is 0 Å². The maximum Gasteiger partial charge on any atom is 0.320 e. The predicted molar refractivity (Wildman–Crippen MR) is 100 cm³/mol. The van der Waals surface area contributed by atoms with Crippen LogP contribution in [0.5, 0.6) is 0 Å². The number of urea groups is 1. The standard InChI is InChI=1S/C20H25N5O2/c26-19(14-3-4-18-21-7-10-24(18)11-14)22-6-5-15-16-12-25(13-17(15)16)20(27)23-8-1-2-9-23/h3-4,7,10-11,15-17H,1-2,5-6,8-9,12-13H2,(H,22,26)/t15?,16-,17+. The van der Waals surface area contributed by atoms with Crippen LogP contribution < -0.4 is 5.32 Å². The van der Waals surface area contributed by atoms with Crippen molar-refractivity contribution in [3.05, 3.63) is 36.3 Å². The van der Waals surface area contributed by atoms with Crippen molar-refractivity contribution in [3.8, 4) is 0 Å². The molecule has 7 heteroatoms. The average Bonchev–Trinajstić information content (AvgIpc) is 3.22. The highest BCUT2D eigenvalue weighted by molar-refractivity contribution is 5.94. The van der Waals surface area contributed by atoms with Gasteiger partial charge in [-0.1, -0.05) is 0 Å². The van der Waals surface area contributed by atoms with Crippen LogP contribution in [0.1, 0.15) is 29.6 Å². The Morgan fingerprint density at radius 2 is 1.89 bits per heavy atom. The van der Waals surface area contributed by atoms with E-state index in [0.29, 0.717) is 29.9 Å². The fraction of sp³-hybridized carbons (Fsp3) is 0.550. The number of piperidine rings is 1. The summed E-state index contributed by atoms with van der Waals surface area (Å²) in [6.45, 7) is 4.33. The van der Waals surface area contributed by atoms with E-state index in [9.17, 15) is 9.59 Å².